The van der Waals surface area contributed by atoms with E-state index in [9.17, 15) is 9.59 Å². The Labute approximate surface area is 151 Å². The summed E-state index contributed by atoms with van der Waals surface area (Å²) in [5, 5.41) is 2.85. The number of nitrogens with zero attached hydrogens (tertiary/aromatic N) is 2. The Morgan fingerprint density at radius 2 is 2.12 bits per heavy atom. The summed E-state index contributed by atoms with van der Waals surface area (Å²) in [7, 11) is 3.10. The Morgan fingerprint density at radius 3 is 2.81 bits per heavy atom. The second-order valence-corrected chi connectivity index (χ2v) is 5.98. The van der Waals surface area contributed by atoms with E-state index >= 15 is 0 Å². The second kappa shape index (κ2) is 7.86. The van der Waals surface area contributed by atoms with Crippen LogP contribution in [-0.2, 0) is 16.1 Å². The Kier molecular flexibility index (Phi) is 5.36. The van der Waals surface area contributed by atoms with Crippen molar-refractivity contribution in [1.29, 1.82) is 0 Å². The number of pyridine rings is 1. The molecular weight excluding hydrogens is 334 g/mol. The lowest BCUT2D eigenvalue weighted by atomic mass is 10.1. The van der Waals surface area contributed by atoms with Crippen molar-refractivity contribution >= 4 is 17.5 Å². The highest BCUT2D eigenvalue weighted by atomic mass is 16.5. The molecule has 3 rings (SSSR count). The lowest BCUT2D eigenvalue weighted by molar-refractivity contribution is -0.126. The zero-order valence-electron chi connectivity index (χ0n) is 14.8. The van der Waals surface area contributed by atoms with Gasteiger partial charge in [-0.2, -0.15) is 0 Å². The molecule has 2 amide bonds. The molecule has 1 aliphatic rings. The predicted molar refractivity (Wildman–Crippen MR) is 96.1 cm³/mol. The number of aromatic nitrogens is 1. The van der Waals surface area contributed by atoms with Crippen LogP contribution in [0, 0.1) is 5.92 Å². The van der Waals surface area contributed by atoms with Gasteiger partial charge in [0.1, 0.15) is 11.5 Å². The van der Waals surface area contributed by atoms with Crippen LogP contribution in [0.2, 0.25) is 0 Å². The number of carbonyl (C=O) groups is 2. The fourth-order valence-corrected chi connectivity index (χ4v) is 2.95. The van der Waals surface area contributed by atoms with Crippen LogP contribution < -0.4 is 19.7 Å². The number of methoxy groups -OCH3 is 2. The van der Waals surface area contributed by atoms with Crippen LogP contribution in [0.5, 0.6) is 11.5 Å². The van der Waals surface area contributed by atoms with Gasteiger partial charge >= 0.3 is 0 Å². The van der Waals surface area contributed by atoms with Crippen molar-refractivity contribution in [3.63, 3.8) is 0 Å². The maximum absolute atomic E-state index is 12.4. The van der Waals surface area contributed by atoms with E-state index in [0.717, 1.165) is 5.69 Å². The minimum Gasteiger partial charge on any atom is -0.497 e. The molecule has 1 aliphatic heterocycles. The van der Waals surface area contributed by atoms with Gasteiger partial charge in [-0.1, -0.05) is 6.07 Å². The summed E-state index contributed by atoms with van der Waals surface area (Å²) in [6.45, 7) is 0.659. The van der Waals surface area contributed by atoms with Crippen LogP contribution in [-0.4, -0.2) is 37.6 Å². The number of rotatable bonds is 6. The predicted octanol–water partition coefficient (Wildman–Crippen LogP) is 1.77. The highest BCUT2D eigenvalue weighted by molar-refractivity contribution is 6.01. The zero-order chi connectivity index (χ0) is 18.5. The Bertz CT molecular complexity index is 795. The molecule has 1 N–H and O–H groups in total. The van der Waals surface area contributed by atoms with Crippen LogP contribution in [0.15, 0.2) is 42.6 Å². The van der Waals surface area contributed by atoms with Crippen molar-refractivity contribution < 1.29 is 19.1 Å². The largest absolute Gasteiger partial charge is 0.497 e. The highest BCUT2D eigenvalue weighted by Gasteiger charge is 2.36. The smallest absolute Gasteiger partial charge is 0.227 e. The van der Waals surface area contributed by atoms with E-state index in [4.69, 9.17) is 9.47 Å². The van der Waals surface area contributed by atoms with Gasteiger partial charge in [0.15, 0.2) is 0 Å². The third-order valence-corrected chi connectivity index (χ3v) is 4.34. The van der Waals surface area contributed by atoms with Crippen LogP contribution in [0.4, 0.5) is 5.69 Å². The molecule has 1 fully saturated rings. The average molecular weight is 355 g/mol. The standard InChI is InChI=1S/C19H21N3O4/c1-25-15-6-7-16(17(10-15)26-2)22-12-13(9-18(22)23)19(24)21-11-14-5-3-4-8-20-14/h3-8,10,13H,9,11-12H2,1-2H3,(H,21,24). The van der Waals surface area contributed by atoms with Crippen molar-refractivity contribution in [1.82, 2.24) is 10.3 Å². The first kappa shape index (κ1) is 17.7. The maximum atomic E-state index is 12.4. The van der Waals surface area contributed by atoms with E-state index in [2.05, 4.69) is 10.3 Å². The van der Waals surface area contributed by atoms with Crippen molar-refractivity contribution in [3.8, 4) is 11.5 Å². The van der Waals surface area contributed by atoms with Gasteiger partial charge in [0, 0.05) is 25.2 Å². The van der Waals surface area contributed by atoms with Gasteiger partial charge in [-0.3, -0.25) is 14.6 Å². The molecular formula is C19H21N3O4. The lowest BCUT2D eigenvalue weighted by Crippen LogP contribution is -2.32. The molecule has 1 atom stereocenters. The molecule has 0 radical (unpaired) electrons. The molecule has 0 saturated carbocycles. The monoisotopic (exact) mass is 355 g/mol. The normalized spacial score (nSPS) is 16.5. The summed E-state index contributed by atoms with van der Waals surface area (Å²) >= 11 is 0. The van der Waals surface area contributed by atoms with Crippen molar-refractivity contribution in [2.75, 3.05) is 25.7 Å². The fraction of sp³-hybridized carbons (Fsp3) is 0.316. The van der Waals surface area contributed by atoms with E-state index < -0.39 is 5.92 Å². The zero-order valence-corrected chi connectivity index (χ0v) is 14.8. The number of carbonyl (C=O) groups excluding carboxylic acids is 2. The van der Waals surface area contributed by atoms with Gasteiger partial charge in [0.05, 0.1) is 38.1 Å². The molecule has 1 saturated heterocycles. The van der Waals surface area contributed by atoms with Gasteiger partial charge in [-0.25, -0.2) is 0 Å². The third kappa shape index (κ3) is 3.77. The SMILES string of the molecule is COc1ccc(N2CC(C(=O)NCc3ccccn3)CC2=O)c(OC)c1. The van der Waals surface area contributed by atoms with Gasteiger partial charge in [-0.15, -0.1) is 0 Å². The molecule has 136 valence electrons. The molecule has 2 heterocycles. The number of ether oxygens (including phenoxy) is 2. The minimum atomic E-state index is -0.405. The Balaban J connectivity index is 1.67. The first-order valence-corrected chi connectivity index (χ1v) is 8.32. The third-order valence-electron chi connectivity index (χ3n) is 4.34. The summed E-state index contributed by atoms with van der Waals surface area (Å²) in [4.78, 5) is 30.6. The summed E-state index contributed by atoms with van der Waals surface area (Å²) in [5.74, 6) is 0.512. The molecule has 1 aromatic heterocycles. The van der Waals surface area contributed by atoms with Gasteiger partial charge in [0.2, 0.25) is 11.8 Å². The number of hydrogen-bond acceptors (Lipinski definition) is 5. The summed E-state index contributed by atoms with van der Waals surface area (Å²) in [5.41, 5.74) is 1.41. The number of hydrogen-bond donors (Lipinski definition) is 1. The molecule has 0 spiro atoms. The van der Waals surface area contributed by atoms with E-state index in [-0.39, 0.29) is 18.2 Å². The number of nitrogens with one attached hydrogen (secondary N) is 1. The van der Waals surface area contributed by atoms with E-state index in [1.54, 1.807) is 36.4 Å². The van der Waals surface area contributed by atoms with Crippen molar-refractivity contribution in [2.24, 2.45) is 5.92 Å². The van der Waals surface area contributed by atoms with Crippen molar-refractivity contribution in [3.05, 3.63) is 48.3 Å². The molecule has 26 heavy (non-hydrogen) atoms. The second-order valence-electron chi connectivity index (χ2n) is 5.98. The molecule has 7 heteroatoms. The van der Waals surface area contributed by atoms with Gasteiger partial charge < -0.3 is 19.7 Å². The van der Waals surface area contributed by atoms with E-state index in [0.29, 0.717) is 30.3 Å². The van der Waals surface area contributed by atoms with E-state index in [1.807, 2.05) is 18.2 Å². The number of anilines is 1. The topological polar surface area (TPSA) is 80.8 Å². The molecule has 0 aliphatic carbocycles. The average Bonchev–Trinajstić information content (AvgIpc) is 3.08. The summed E-state index contributed by atoms with van der Waals surface area (Å²) in [6.07, 6.45) is 1.85. The maximum Gasteiger partial charge on any atom is 0.227 e. The number of benzene rings is 1. The fourth-order valence-electron chi connectivity index (χ4n) is 2.95. The highest BCUT2D eigenvalue weighted by Crippen LogP contribution is 2.35. The first-order valence-electron chi connectivity index (χ1n) is 8.32. The lowest BCUT2D eigenvalue weighted by Gasteiger charge is -2.20. The van der Waals surface area contributed by atoms with E-state index in [1.165, 1.54) is 7.11 Å². The number of amides is 2. The Hall–Kier alpha value is -3.09. The van der Waals surface area contributed by atoms with Crippen LogP contribution in [0.25, 0.3) is 0 Å². The van der Waals surface area contributed by atoms with Gasteiger partial charge in [-0.05, 0) is 24.3 Å². The molecule has 1 unspecified atom stereocenters. The molecule has 0 bridgehead atoms. The minimum absolute atomic E-state index is 0.105. The molecule has 7 nitrogen and oxygen atoms in total. The molecule has 1 aromatic carbocycles. The van der Waals surface area contributed by atoms with Crippen molar-refractivity contribution in [2.45, 2.75) is 13.0 Å². The quantitative estimate of drug-likeness (QED) is 0.854. The molecule has 2 aromatic rings. The van der Waals surface area contributed by atoms with Gasteiger partial charge in [0.25, 0.3) is 0 Å². The van der Waals surface area contributed by atoms with Crippen LogP contribution in [0.1, 0.15) is 12.1 Å². The summed E-state index contributed by atoms with van der Waals surface area (Å²) in [6, 6.07) is 10.8. The van der Waals surface area contributed by atoms with Crippen LogP contribution >= 0.6 is 0 Å². The van der Waals surface area contributed by atoms with Crippen LogP contribution in [0.3, 0.4) is 0 Å². The summed E-state index contributed by atoms with van der Waals surface area (Å²) < 4.78 is 10.5. The first-order chi connectivity index (χ1) is 12.6. The Morgan fingerprint density at radius 1 is 1.27 bits per heavy atom.